The molecule has 3 heterocycles. The largest absolute Gasteiger partial charge is 0.305 e. The Morgan fingerprint density at radius 1 is 0.380 bits per heavy atom. The maximum absolute atomic E-state index is 7.23. The van der Waals surface area contributed by atoms with Gasteiger partial charge < -0.3 is 9.97 Å². The van der Waals surface area contributed by atoms with Crippen LogP contribution < -0.4 is 10.4 Å². The Kier molecular flexibility index (Phi) is 13.9. The average molecular weight is 1130 g/mol. The van der Waals surface area contributed by atoms with Gasteiger partial charge in [-0.3, -0.25) is 4.98 Å². The monoisotopic (exact) mass is 1130 g/mol. The molecule has 3 nitrogen and oxygen atoms in total. The SMILES string of the molecule is C.C[Si](C)(C)c1ccc(-c2[c-]cc3c4ccccc4c4ccccc4c3c2)nc1.C[Si](C)(C)c1ccc(-c2ccc3c4ccccc4c4ccccc4c3c2)nc1.[2H]C([2H])([2H])c1ccc(-c2[c-]cccc2)nc1.[Ir]. The number of aromatic nitrogens is 3. The van der Waals surface area contributed by atoms with Gasteiger partial charge in [0.1, 0.15) is 0 Å². The maximum atomic E-state index is 7.23. The van der Waals surface area contributed by atoms with Crippen molar-refractivity contribution in [3.05, 3.63) is 224 Å². The third-order valence-corrected chi connectivity index (χ3v) is 17.1. The van der Waals surface area contributed by atoms with Crippen LogP contribution in [0.3, 0.4) is 0 Å². The van der Waals surface area contributed by atoms with Crippen LogP contribution >= 0.6 is 0 Å². The Morgan fingerprint density at radius 2 is 0.803 bits per heavy atom. The fraction of sp³-hybridized carbons (Fsp3) is 0.123. The van der Waals surface area contributed by atoms with Crippen molar-refractivity contribution in [2.24, 2.45) is 0 Å². The Hall–Kier alpha value is -6.93. The summed E-state index contributed by atoms with van der Waals surface area (Å²) in [6.07, 6.45) is 5.52. The topological polar surface area (TPSA) is 38.7 Å². The summed E-state index contributed by atoms with van der Waals surface area (Å²) >= 11 is 0. The molecule has 0 unspecified atom stereocenters. The fourth-order valence-electron chi connectivity index (χ4n) is 9.17. The minimum absolute atomic E-state index is 0. The molecule has 0 saturated heterocycles. The maximum Gasteiger partial charge on any atom is 0.0796 e. The van der Waals surface area contributed by atoms with Crippen LogP contribution in [0.4, 0.5) is 0 Å². The van der Waals surface area contributed by atoms with Crippen LogP contribution in [0, 0.1) is 19.0 Å². The van der Waals surface area contributed by atoms with Gasteiger partial charge in [-0.2, -0.15) is 0 Å². The second-order valence-corrected chi connectivity index (χ2v) is 29.8. The molecule has 9 aromatic carbocycles. The van der Waals surface area contributed by atoms with Crippen molar-refractivity contribution in [3.8, 4) is 33.8 Å². The summed E-state index contributed by atoms with van der Waals surface area (Å²) in [4.78, 5) is 13.7. The number of benzene rings is 9. The zero-order valence-corrected chi connectivity index (χ0v) is 44.7. The molecule has 0 amide bonds. The van der Waals surface area contributed by atoms with Crippen LogP contribution in [0.2, 0.25) is 39.3 Å². The van der Waals surface area contributed by atoms with Crippen molar-refractivity contribution in [1.82, 2.24) is 15.0 Å². The van der Waals surface area contributed by atoms with E-state index < -0.39 is 23.0 Å². The standard InChI is InChI=1S/C26H23NSi.C26H22NSi.C12H10N.CH4.Ir/c2*1-28(2,3)19-13-15-26(27-17-19)18-12-14-24-22-10-5-4-8-20(22)21-9-6-7-11-23(21)25(24)16-18;1-10-7-8-12(13-9-10)11-5-3-2-4-6-11;;/h4-17H,1-3H3;4-11,13-17H,1-3H3;2-5,7-9H,1H3;1H4;/q;2*-1;;/i;;1D3;;. The van der Waals surface area contributed by atoms with E-state index in [0.29, 0.717) is 0 Å². The first kappa shape index (κ1) is 46.5. The molecule has 71 heavy (non-hydrogen) atoms. The fourth-order valence-corrected chi connectivity index (χ4v) is 11.2. The van der Waals surface area contributed by atoms with E-state index in [9.17, 15) is 0 Å². The molecule has 12 rings (SSSR count). The van der Waals surface area contributed by atoms with Crippen molar-refractivity contribution >= 4 is 91.2 Å². The Labute approximate surface area is 439 Å². The van der Waals surface area contributed by atoms with E-state index in [1.165, 1.54) is 86.8 Å². The van der Waals surface area contributed by atoms with Gasteiger partial charge in [0.25, 0.3) is 0 Å². The molecule has 353 valence electrons. The molecule has 0 aliphatic heterocycles. The van der Waals surface area contributed by atoms with Crippen LogP contribution in [0.25, 0.3) is 98.4 Å². The molecule has 3 aromatic heterocycles. The molecule has 0 bridgehead atoms. The van der Waals surface area contributed by atoms with Gasteiger partial charge in [-0.25, -0.2) is 0 Å². The number of pyridine rings is 3. The molecule has 1 radical (unpaired) electrons. The van der Waals surface area contributed by atoms with Crippen LogP contribution in [0.15, 0.2) is 207 Å². The number of nitrogens with zero attached hydrogens (tertiary/aromatic N) is 3. The molecule has 0 N–H and O–H groups in total. The number of rotatable bonds is 5. The van der Waals surface area contributed by atoms with Crippen LogP contribution in [-0.2, 0) is 20.1 Å². The number of aryl methyl sites for hydroxylation is 1. The molecular weight excluding hydrogens is 1070 g/mol. The van der Waals surface area contributed by atoms with Crippen LogP contribution in [0.5, 0.6) is 0 Å². The summed E-state index contributed by atoms with van der Waals surface area (Å²) in [5.74, 6) is 0. The van der Waals surface area contributed by atoms with Gasteiger partial charge in [-0.15, -0.1) is 59.7 Å². The predicted molar refractivity (Wildman–Crippen MR) is 309 cm³/mol. The summed E-state index contributed by atoms with van der Waals surface area (Å²) < 4.78 is 21.7. The van der Waals surface area contributed by atoms with Gasteiger partial charge in [0, 0.05) is 48.4 Å². The van der Waals surface area contributed by atoms with E-state index in [2.05, 4.69) is 220 Å². The van der Waals surface area contributed by atoms with Gasteiger partial charge in [0.2, 0.25) is 0 Å². The molecule has 0 spiro atoms. The quantitative estimate of drug-likeness (QED) is 0.0979. The second-order valence-electron chi connectivity index (χ2n) is 19.7. The Morgan fingerprint density at radius 3 is 1.24 bits per heavy atom. The summed E-state index contributed by atoms with van der Waals surface area (Å²) in [7, 11) is -2.67. The first-order valence-electron chi connectivity index (χ1n) is 25.1. The zero-order chi connectivity index (χ0) is 50.2. The Bertz CT molecular complexity index is 3630. The molecule has 0 aliphatic carbocycles. The molecule has 6 heteroatoms. The summed E-state index contributed by atoms with van der Waals surface area (Å²) in [5.41, 5.74) is 6.10. The summed E-state index contributed by atoms with van der Waals surface area (Å²) in [6.45, 7) is 12.0. The molecular formula is C65H59IrN3Si2-2. The summed E-state index contributed by atoms with van der Waals surface area (Å²) in [6, 6.07) is 72.0. The van der Waals surface area contributed by atoms with Crippen LogP contribution in [0.1, 0.15) is 17.1 Å². The number of fused-ring (bicyclic) bond motifs is 12. The molecule has 0 saturated carbocycles. The van der Waals surface area contributed by atoms with Crippen molar-refractivity contribution in [3.63, 3.8) is 0 Å². The minimum atomic E-state index is -2.09. The Balaban J connectivity index is 0.000000152. The van der Waals surface area contributed by atoms with E-state index in [4.69, 9.17) is 14.1 Å². The first-order chi connectivity index (χ1) is 34.6. The third-order valence-electron chi connectivity index (χ3n) is 13.0. The van der Waals surface area contributed by atoms with E-state index in [1.807, 2.05) is 18.2 Å². The number of hydrogen-bond acceptors (Lipinski definition) is 3. The molecule has 0 atom stereocenters. The van der Waals surface area contributed by atoms with Gasteiger partial charge in [0.05, 0.1) is 21.8 Å². The van der Waals surface area contributed by atoms with Gasteiger partial charge in [-0.05, 0) is 94.8 Å². The molecule has 12 aromatic rings. The molecule has 0 aliphatic rings. The van der Waals surface area contributed by atoms with Crippen molar-refractivity contribution in [1.29, 1.82) is 0 Å². The first-order valence-corrected chi connectivity index (χ1v) is 30.6. The van der Waals surface area contributed by atoms with E-state index in [1.54, 1.807) is 18.2 Å². The van der Waals surface area contributed by atoms with Crippen molar-refractivity contribution in [2.75, 3.05) is 0 Å². The van der Waals surface area contributed by atoms with Crippen molar-refractivity contribution < 1.29 is 24.2 Å². The van der Waals surface area contributed by atoms with Gasteiger partial charge >= 0.3 is 0 Å². The van der Waals surface area contributed by atoms with Crippen molar-refractivity contribution in [2.45, 2.75) is 53.6 Å². The van der Waals surface area contributed by atoms with Crippen LogP contribution in [-0.4, -0.2) is 31.1 Å². The average Bonchev–Trinajstić information content (AvgIpc) is 3.41. The molecule has 0 fully saturated rings. The summed E-state index contributed by atoms with van der Waals surface area (Å²) in [5, 5.41) is 18.3. The van der Waals surface area contributed by atoms with E-state index >= 15 is 0 Å². The normalized spacial score (nSPS) is 12.2. The minimum Gasteiger partial charge on any atom is -0.305 e. The smallest absolute Gasteiger partial charge is 0.0796 e. The van der Waals surface area contributed by atoms with E-state index in [-0.39, 0.29) is 33.1 Å². The zero-order valence-electron chi connectivity index (χ0n) is 43.3. The van der Waals surface area contributed by atoms with Gasteiger partial charge in [0.15, 0.2) is 0 Å². The van der Waals surface area contributed by atoms with Gasteiger partial charge in [-0.1, -0.05) is 202 Å². The number of hydrogen-bond donors (Lipinski definition) is 0. The third kappa shape index (κ3) is 10.6. The predicted octanol–water partition coefficient (Wildman–Crippen LogP) is 16.8. The van der Waals surface area contributed by atoms with E-state index in [0.717, 1.165) is 28.2 Å². The second kappa shape index (κ2) is 21.2.